The van der Waals surface area contributed by atoms with Crippen LogP contribution in [0.25, 0.3) is 0 Å². The zero-order chi connectivity index (χ0) is 17.4. The summed E-state index contributed by atoms with van der Waals surface area (Å²) >= 11 is 0. The Hall–Kier alpha value is -1.85. The Morgan fingerprint density at radius 3 is 1.96 bits per heavy atom. The molecule has 0 N–H and O–H groups in total. The van der Waals surface area contributed by atoms with E-state index in [1.165, 1.54) is 12.1 Å². The molecule has 1 aliphatic heterocycles. The van der Waals surface area contributed by atoms with Crippen molar-refractivity contribution in [3.05, 3.63) is 59.9 Å². The van der Waals surface area contributed by atoms with Crippen LogP contribution in [0.4, 0.5) is 4.39 Å². The fourth-order valence-electron chi connectivity index (χ4n) is 2.45. The summed E-state index contributed by atoms with van der Waals surface area (Å²) in [5, 5.41) is 0. The maximum Gasteiger partial charge on any atom is 0.494 e. The molecule has 5 heteroatoms. The second-order valence-electron chi connectivity index (χ2n) is 7.07. The Morgan fingerprint density at radius 2 is 1.42 bits per heavy atom. The van der Waals surface area contributed by atoms with E-state index < -0.39 is 0 Å². The van der Waals surface area contributed by atoms with Gasteiger partial charge < -0.3 is 14.0 Å². The molecule has 0 amide bonds. The maximum absolute atomic E-state index is 12.9. The fraction of sp³-hybridized carbons (Fsp3) is 0.368. The van der Waals surface area contributed by atoms with Crippen molar-refractivity contribution < 1.29 is 18.4 Å². The highest BCUT2D eigenvalue weighted by molar-refractivity contribution is 6.62. The molecule has 0 bridgehead atoms. The number of hydrogen-bond donors (Lipinski definition) is 0. The van der Waals surface area contributed by atoms with Crippen molar-refractivity contribution in [1.82, 2.24) is 0 Å². The zero-order valence-corrected chi connectivity index (χ0v) is 14.5. The molecule has 0 radical (unpaired) electrons. The SMILES string of the molecule is CC1(C)OB(c2ccc(COc3ccc(F)cc3)cc2)OC1(C)C. The van der Waals surface area contributed by atoms with Crippen LogP contribution >= 0.6 is 0 Å². The first-order valence-corrected chi connectivity index (χ1v) is 8.10. The molecule has 0 aromatic heterocycles. The molecule has 1 fully saturated rings. The van der Waals surface area contributed by atoms with E-state index >= 15 is 0 Å². The molecule has 0 saturated carbocycles. The monoisotopic (exact) mass is 328 g/mol. The van der Waals surface area contributed by atoms with Crippen molar-refractivity contribution in [1.29, 1.82) is 0 Å². The molecule has 0 spiro atoms. The Labute approximate surface area is 142 Å². The van der Waals surface area contributed by atoms with E-state index in [4.69, 9.17) is 14.0 Å². The lowest BCUT2D eigenvalue weighted by Crippen LogP contribution is -2.41. The summed E-state index contributed by atoms with van der Waals surface area (Å²) in [6.07, 6.45) is 0. The lowest BCUT2D eigenvalue weighted by molar-refractivity contribution is 0.00578. The van der Waals surface area contributed by atoms with Crippen LogP contribution in [0.5, 0.6) is 5.75 Å². The van der Waals surface area contributed by atoms with Gasteiger partial charge in [-0.2, -0.15) is 0 Å². The Morgan fingerprint density at radius 1 is 0.875 bits per heavy atom. The molecule has 126 valence electrons. The Bertz CT molecular complexity index is 680. The van der Waals surface area contributed by atoms with E-state index in [9.17, 15) is 4.39 Å². The quantitative estimate of drug-likeness (QED) is 0.801. The minimum absolute atomic E-state index is 0.269. The van der Waals surface area contributed by atoms with Crippen LogP contribution in [-0.2, 0) is 15.9 Å². The first kappa shape index (κ1) is 17.0. The number of benzene rings is 2. The molecule has 1 aliphatic rings. The predicted octanol–water partition coefficient (Wildman–Crippen LogP) is 3.70. The summed E-state index contributed by atoms with van der Waals surface area (Å²) in [7, 11) is -0.359. The molecule has 1 heterocycles. The highest BCUT2D eigenvalue weighted by Crippen LogP contribution is 2.36. The highest BCUT2D eigenvalue weighted by atomic mass is 19.1. The van der Waals surface area contributed by atoms with E-state index in [0.717, 1.165) is 11.0 Å². The Balaban J connectivity index is 1.63. The minimum atomic E-state index is -0.359. The van der Waals surface area contributed by atoms with Gasteiger partial charge in [0.05, 0.1) is 11.2 Å². The molecule has 3 nitrogen and oxygen atoms in total. The van der Waals surface area contributed by atoms with Gasteiger partial charge in [-0.3, -0.25) is 0 Å². The van der Waals surface area contributed by atoms with Gasteiger partial charge in [-0.25, -0.2) is 4.39 Å². The molecule has 0 unspecified atom stereocenters. The molecule has 24 heavy (non-hydrogen) atoms. The van der Waals surface area contributed by atoms with Gasteiger partial charge in [0.2, 0.25) is 0 Å². The summed E-state index contributed by atoms with van der Waals surface area (Å²) in [5.74, 6) is 0.376. The summed E-state index contributed by atoms with van der Waals surface area (Å²) < 4.78 is 30.6. The second kappa shape index (κ2) is 6.23. The van der Waals surface area contributed by atoms with Crippen LogP contribution in [0.3, 0.4) is 0 Å². The normalized spacial score (nSPS) is 18.6. The molecule has 0 atom stereocenters. The number of ether oxygens (including phenoxy) is 1. The van der Waals surface area contributed by atoms with Crippen LogP contribution < -0.4 is 10.2 Å². The van der Waals surface area contributed by atoms with Crippen LogP contribution in [0.1, 0.15) is 33.3 Å². The highest BCUT2D eigenvalue weighted by Gasteiger charge is 2.51. The van der Waals surface area contributed by atoms with Crippen molar-refractivity contribution in [2.75, 3.05) is 0 Å². The van der Waals surface area contributed by atoms with Crippen LogP contribution in [-0.4, -0.2) is 18.3 Å². The third-order valence-corrected chi connectivity index (χ3v) is 4.72. The third-order valence-electron chi connectivity index (χ3n) is 4.72. The van der Waals surface area contributed by atoms with E-state index in [0.29, 0.717) is 12.4 Å². The summed E-state index contributed by atoms with van der Waals surface area (Å²) in [5.41, 5.74) is 1.32. The van der Waals surface area contributed by atoms with Gasteiger partial charge in [-0.1, -0.05) is 24.3 Å². The molecule has 2 aromatic carbocycles. The van der Waals surface area contributed by atoms with Crippen LogP contribution in [0.15, 0.2) is 48.5 Å². The predicted molar refractivity (Wildman–Crippen MR) is 92.9 cm³/mol. The summed E-state index contributed by atoms with van der Waals surface area (Å²) in [6.45, 7) is 8.58. The molecular formula is C19H22BFO3. The maximum atomic E-state index is 12.9. The third kappa shape index (κ3) is 3.47. The summed E-state index contributed by atoms with van der Waals surface area (Å²) in [4.78, 5) is 0. The van der Waals surface area contributed by atoms with Crippen molar-refractivity contribution in [3.63, 3.8) is 0 Å². The summed E-state index contributed by atoms with van der Waals surface area (Å²) in [6, 6.07) is 14.0. The second-order valence-corrected chi connectivity index (χ2v) is 7.07. The van der Waals surface area contributed by atoms with Gasteiger partial charge in [0.15, 0.2) is 0 Å². The minimum Gasteiger partial charge on any atom is -0.489 e. The number of rotatable bonds is 4. The first-order valence-electron chi connectivity index (χ1n) is 8.10. The van der Waals surface area contributed by atoms with Gasteiger partial charge in [0.25, 0.3) is 0 Å². The van der Waals surface area contributed by atoms with E-state index in [1.54, 1.807) is 12.1 Å². The van der Waals surface area contributed by atoms with Gasteiger partial charge in [0, 0.05) is 0 Å². The van der Waals surface area contributed by atoms with Crippen LogP contribution in [0, 0.1) is 5.82 Å². The van der Waals surface area contributed by atoms with Gasteiger partial charge >= 0.3 is 7.12 Å². The van der Waals surface area contributed by atoms with E-state index in [1.807, 2.05) is 52.0 Å². The lowest BCUT2D eigenvalue weighted by Gasteiger charge is -2.32. The average Bonchev–Trinajstić information content (AvgIpc) is 2.75. The topological polar surface area (TPSA) is 27.7 Å². The molecule has 2 aromatic rings. The van der Waals surface area contributed by atoms with Crippen molar-refractivity contribution >= 4 is 12.6 Å². The van der Waals surface area contributed by atoms with E-state index in [2.05, 4.69) is 0 Å². The van der Waals surface area contributed by atoms with Crippen LogP contribution in [0.2, 0.25) is 0 Å². The van der Waals surface area contributed by atoms with Crippen molar-refractivity contribution in [2.24, 2.45) is 0 Å². The number of hydrogen-bond acceptors (Lipinski definition) is 3. The van der Waals surface area contributed by atoms with Gasteiger partial charge in [0.1, 0.15) is 18.2 Å². The number of halogens is 1. The first-order chi connectivity index (χ1) is 11.3. The zero-order valence-electron chi connectivity index (χ0n) is 14.5. The molecule has 1 saturated heterocycles. The molecular weight excluding hydrogens is 306 g/mol. The average molecular weight is 328 g/mol. The lowest BCUT2D eigenvalue weighted by atomic mass is 9.79. The van der Waals surface area contributed by atoms with Crippen molar-refractivity contribution in [3.8, 4) is 5.75 Å². The van der Waals surface area contributed by atoms with E-state index in [-0.39, 0.29) is 24.1 Å². The standard InChI is InChI=1S/C19H22BFO3/c1-18(2)19(3,4)24-20(23-18)15-7-5-14(6-8-15)13-22-17-11-9-16(21)10-12-17/h5-12H,13H2,1-4H3. The smallest absolute Gasteiger partial charge is 0.489 e. The van der Waals surface area contributed by atoms with Crippen molar-refractivity contribution in [2.45, 2.75) is 45.5 Å². The molecule has 0 aliphatic carbocycles. The fourth-order valence-corrected chi connectivity index (χ4v) is 2.45. The molecule has 3 rings (SSSR count). The largest absolute Gasteiger partial charge is 0.494 e. The Kier molecular flexibility index (Phi) is 4.41. The van der Waals surface area contributed by atoms with Gasteiger partial charge in [-0.05, 0) is 63.0 Å². The van der Waals surface area contributed by atoms with Gasteiger partial charge in [-0.15, -0.1) is 0 Å².